The van der Waals surface area contributed by atoms with Crippen molar-refractivity contribution < 1.29 is 28.6 Å². The maximum atomic E-state index is 12.2. The Labute approximate surface area is 160 Å². The number of rotatable bonds is 7. The number of benzene rings is 2. The Morgan fingerprint density at radius 1 is 1.11 bits per heavy atom. The van der Waals surface area contributed by atoms with E-state index >= 15 is 0 Å². The second-order valence-corrected chi connectivity index (χ2v) is 6.18. The summed E-state index contributed by atoms with van der Waals surface area (Å²) in [5.74, 6) is -0.948. The van der Waals surface area contributed by atoms with E-state index in [-0.39, 0.29) is 30.5 Å². The smallest absolute Gasteiger partial charge is 0.310 e. The lowest BCUT2D eigenvalue weighted by atomic mass is 10.1. The average Bonchev–Trinajstić information content (AvgIpc) is 3.08. The molecule has 0 atom stereocenters. The molecule has 0 fully saturated rings. The van der Waals surface area contributed by atoms with Gasteiger partial charge in [-0.1, -0.05) is 6.92 Å². The molecule has 1 amide bonds. The number of ketones is 1. The van der Waals surface area contributed by atoms with Crippen molar-refractivity contribution in [3.05, 3.63) is 59.9 Å². The van der Waals surface area contributed by atoms with E-state index in [1.165, 1.54) is 18.4 Å². The third-order valence-electron chi connectivity index (χ3n) is 4.15. The third-order valence-corrected chi connectivity index (χ3v) is 4.15. The van der Waals surface area contributed by atoms with Gasteiger partial charge in [0, 0.05) is 34.7 Å². The fourth-order valence-electron chi connectivity index (χ4n) is 2.63. The van der Waals surface area contributed by atoms with Crippen molar-refractivity contribution in [3.8, 4) is 5.75 Å². The van der Waals surface area contributed by atoms with Crippen LogP contribution in [0.15, 0.2) is 53.1 Å². The number of ether oxygens (including phenoxy) is 1. The first kappa shape index (κ1) is 19.2. The van der Waals surface area contributed by atoms with E-state index in [4.69, 9.17) is 9.15 Å². The van der Waals surface area contributed by atoms with E-state index in [9.17, 15) is 19.5 Å². The number of phenolic OH excluding ortho intramolecular Hbond substituents is 1. The number of esters is 1. The minimum absolute atomic E-state index is 0.0486. The minimum Gasteiger partial charge on any atom is -0.508 e. The summed E-state index contributed by atoms with van der Waals surface area (Å²) in [5.41, 5.74) is 2.06. The number of phenols is 1. The quantitative estimate of drug-likeness (QED) is 0.480. The maximum absolute atomic E-state index is 12.2. The molecule has 7 nitrogen and oxygen atoms in total. The summed E-state index contributed by atoms with van der Waals surface area (Å²) in [5, 5.41) is 12.8. The Balaban J connectivity index is 1.55. The Morgan fingerprint density at radius 3 is 2.57 bits per heavy atom. The molecule has 0 bridgehead atoms. The van der Waals surface area contributed by atoms with Crippen LogP contribution in [-0.2, 0) is 20.7 Å². The molecule has 0 saturated heterocycles. The summed E-state index contributed by atoms with van der Waals surface area (Å²) >= 11 is 0. The van der Waals surface area contributed by atoms with Crippen LogP contribution in [0.25, 0.3) is 11.0 Å². The molecule has 0 aliphatic heterocycles. The standard InChI is InChI=1S/C21H19NO6/c1-2-20(25)22-15-5-3-13(4-6-15)18(24)12-28-21(26)9-14-11-27-19-10-16(23)7-8-17(14)19/h3-8,10-11,23H,2,9,12H2,1H3,(H,22,25). The molecule has 2 aromatic carbocycles. The predicted octanol–water partition coefficient (Wildman–Crippen LogP) is 3.46. The van der Waals surface area contributed by atoms with Crippen LogP contribution in [0, 0.1) is 0 Å². The fourth-order valence-corrected chi connectivity index (χ4v) is 2.63. The van der Waals surface area contributed by atoms with E-state index in [1.54, 1.807) is 37.3 Å². The number of anilines is 1. The van der Waals surface area contributed by atoms with Crippen LogP contribution < -0.4 is 5.32 Å². The highest BCUT2D eigenvalue weighted by Crippen LogP contribution is 2.25. The topological polar surface area (TPSA) is 106 Å². The number of carbonyl (C=O) groups excluding carboxylic acids is 3. The van der Waals surface area contributed by atoms with Gasteiger partial charge in [0.05, 0.1) is 12.7 Å². The highest BCUT2D eigenvalue weighted by molar-refractivity contribution is 5.99. The van der Waals surface area contributed by atoms with Gasteiger partial charge in [0.1, 0.15) is 11.3 Å². The molecule has 0 radical (unpaired) electrons. The Hall–Kier alpha value is -3.61. The van der Waals surface area contributed by atoms with Crippen molar-refractivity contribution in [2.24, 2.45) is 0 Å². The van der Waals surface area contributed by atoms with Crippen molar-refractivity contribution in [2.45, 2.75) is 19.8 Å². The molecule has 1 heterocycles. The fraction of sp³-hybridized carbons (Fsp3) is 0.190. The predicted molar refractivity (Wildman–Crippen MR) is 102 cm³/mol. The van der Waals surface area contributed by atoms with Crippen LogP contribution in [0.3, 0.4) is 0 Å². The largest absolute Gasteiger partial charge is 0.508 e. The van der Waals surface area contributed by atoms with Crippen molar-refractivity contribution in [1.29, 1.82) is 0 Å². The van der Waals surface area contributed by atoms with Gasteiger partial charge in [-0.2, -0.15) is 0 Å². The van der Waals surface area contributed by atoms with Crippen molar-refractivity contribution >= 4 is 34.3 Å². The van der Waals surface area contributed by atoms with E-state index < -0.39 is 5.97 Å². The van der Waals surface area contributed by atoms with Gasteiger partial charge in [-0.15, -0.1) is 0 Å². The highest BCUT2D eigenvalue weighted by atomic mass is 16.5. The maximum Gasteiger partial charge on any atom is 0.310 e. The molecule has 0 saturated carbocycles. The SMILES string of the molecule is CCC(=O)Nc1ccc(C(=O)COC(=O)Cc2coc3cc(O)ccc23)cc1. The molecule has 0 unspecified atom stereocenters. The van der Waals surface area contributed by atoms with Crippen molar-refractivity contribution in [3.63, 3.8) is 0 Å². The molecular weight excluding hydrogens is 362 g/mol. The van der Waals surface area contributed by atoms with E-state index in [2.05, 4.69) is 5.32 Å². The lowest BCUT2D eigenvalue weighted by Crippen LogP contribution is -2.15. The molecular formula is C21H19NO6. The number of carbonyl (C=O) groups is 3. The van der Waals surface area contributed by atoms with Crippen LogP contribution in [0.5, 0.6) is 5.75 Å². The zero-order valence-electron chi connectivity index (χ0n) is 15.2. The van der Waals surface area contributed by atoms with Crippen LogP contribution >= 0.6 is 0 Å². The average molecular weight is 381 g/mol. The number of hydrogen-bond acceptors (Lipinski definition) is 6. The Kier molecular flexibility index (Phi) is 5.74. The van der Waals surface area contributed by atoms with Gasteiger partial charge in [-0.25, -0.2) is 0 Å². The molecule has 0 aliphatic carbocycles. The molecule has 2 N–H and O–H groups in total. The van der Waals surface area contributed by atoms with Crippen molar-refractivity contribution in [1.82, 2.24) is 0 Å². The molecule has 3 aromatic rings. The molecule has 3 rings (SSSR count). The molecule has 144 valence electrons. The summed E-state index contributed by atoms with van der Waals surface area (Å²) in [4.78, 5) is 35.6. The molecule has 1 aromatic heterocycles. The lowest BCUT2D eigenvalue weighted by Gasteiger charge is -2.06. The number of hydrogen-bond donors (Lipinski definition) is 2. The van der Waals surface area contributed by atoms with Gasteiger partial charge in [0.25, 0.3) is 0 Å². The first-order valence-corrected chi connectivity index (χ1v) is 8.74. The van der Waals surface area contributed by atoms with Crippen LogP contribution in [0.1, 0.15) is 29.3 Å². The van der Waals surface area contributed by atoms with Gasteiger partial charge in [-0.3, -0.25) is 14.4 Å². The number of fused-ring (bicyclic) bond motifs is 1. The number of Topliss-reactive ketones (excluding diaryl/α,β-unsaturated/α-hetero) is 1. The lowest BCUT2D eigenvalue weighted by molar-refractivity contribution is -0.141. The van der Waals surface area contributed by atoms with E-state index in [0.29, 0.717) is 34.2 Å². The second kappa shape index (κ2) is 8.39. The first-order valence-electron chi connectivity index (χ1n) is 8.74. The monoisotopic (exact) mass is 381 g/mol. The van der Waals surface area contributed by atoms with Gasteiger partial charge in [0.15, 0.2) is 12.4 Å². The molecule has 7 heteroatoms. The van der Waals surface area contributed by atoms with Crippen LogP contribution in [0.4, 0.5) is 5.69 Å². The summed E-state index contributed by atoms with van der Waals surface area (Å²) in [6, 6.07) is 11.0. The zero-order chi connectivity index (χ0) is 20.1. The third kappa shape index (κ3) is 4.56. The summed E-state index contributed by atoms with van der Waals surface area (Å²) in [6.07, 6.45) is 1.74. The molecule has 28 heavy (non-hydrogen) atoms. The molecule has 0 aliphatic rings. The first-order chi connectivity index (χ1) is 13.5. The highest BCUT2D eigenvalue weighted by Gasteiger charge is 2.14. The summed E-state index contributed by atoms with van der Waals surface area (Å²) < 4.78 is 10.4. The second-order valence-electron chi connectivity index (χ2n) is 6.18. The van der Waals surface area contributed by atoms with Gasteiger partial charge < -0.3 is 19.6 Å². The van der Waals surface area contributed by atoms with Crippen LogP contribution in [0.2, 0.25) is 0 Å². The Bertz CT molecular complexity index is 1020. The van der Waals surface area contributed by atoms with Gasteiger partial charge in [-0.05, 0) is 36.4 Å². The number of furan rings is 1. The van der Waals surface area contributed by atoms with Crippen molar-refractivity contribution in [2.75, 3.05) is 11.9 Å². The van der Waals surface area contributed by atoms with E-state index in [1.807, 2.05) is 0 Å². The van der Waals surface area contributed by atoms with Gasteiger partial charge >= 0.3 is 5.97 Å². The Morgan fingerprint density at radius 2 is 1.86 bits per heavy atom. The van der Waals surface area contributed by atoms with E-state index in [0.717, 1.165) is 0 Å². The number of amides is 1. The normalized spacial score (nSPS) is 10.6. The zero-order valence-corrected chi connectivity index (χ0v) is 15.2. The summed E-state index contributed by atoms with van der Waals surface area (Å²) in [6.45, 7) is 1.37. The molecule has 0 spiro atoms. The summed E-state index contributed by atoms with van der Waals surface area (Å²) in [7, 11) is 0. The number of nitrogens with one attached hydrogen (secondary N) is 1. The van der Waals surface area contributed by atoms with Crippen LogP contribution in [-0.4, -0.2) is 29.4 Å². The minimum atomic E-state index is -0.559. The number of aromatic hydroxyl groups is 1. The van der Waals surface area contributed by atoms with Gasteiger partial charge in [0.2, 0.25) is 5.91 Å².